The molecular weight excluding hydrogens is 256 g/mol. The van der Waals surface area contributed by atoms with Crippen LogP contribution in [0.5, 0.6) is 0 Å². The third kappa shape index (κ3) is 3.16. The molecule has 1 atom stereocenters. The molecule has 21 heavy (non-hydrogen) atoms. The van der Waals surface area contributed by atoms with Crippen molar-refractivity contribution in [2.75, 3.05) is 6.54 Å². The van der Waals surface area contributed by atoms with Gasteiger partial charge in [-0.2, -0.15) is 0 Å². The number of aromatic nitrogens is 1. The first-order chi connectivity index (χ1) is 10.3. The van der Waals surface area contributed by atoms with Gasteiger partial charge in [0.25, 0.3) is 0 Å². The highest BCUT2D eigenvalue weighted by Gasteiger charge is 2.17. The number of hydrogen-bond acceptors (Lipinski definition) is 2. The van der Waals surface area contributed by atoms with E-state index >= 15 is 0 Å². The molecule has 0 amide bonds. The maximum atomic E-state index is 4.47. The maximum absolute atomic E-state index is 4.47. The Bertz CT molecular complexity index is 601. The van der Waals surface area contributed by atoms with E-state index in [2.05, 4.69) is 47.6 Å². The topological polar surface area (TPSA) is 24.9 Å². The van der Waals surface area contributed by atoms with Crippen molar-refractivity contribution in [2.45, 2.75) is 45.6 Å². The van der Waals surface area contributed by atoms with Gasteiger partial charge in [-0.1, -0.05) is 31.2 Å². The third-order valence-corrected chi connectivity index (χ3v) is 4.32. The molecule has 2 heteroatoms. The van der Waals surface area contributed by atoms with Crippen LogP contribution in [0.3, 0.4) is 0 Å². The molecule has 110 valence electrons. The van der Waals surface area contributed by atoms with Gasteiger partial charge in [0.2, 0.25) is 0 Å². The molecule has 0 spiro atoms. The second-order valence-electron chi connectivity index (χ2n) is 6.00. The van der Waals surface area contributed by atoms with Crippen LogP contribution in [0.25, 0.3) is 0 Å². The van der Waals surface area contributed by atoms with E-state index in [1.165, 1.54) is 41.5 Å². The molecular formula is C19H24N2. The number of fused-ring (bicyclic) bond motifs is 1. The molecule has 1 N–H and O–H groups in total. The lowest BCUT2D eigenvalue weighted by Crippen LogP contribution is -2.23. The van der Waals surface area contributed by atoms with Crippen molar-refractivity contribution in [2.24, 2.45) is 0 Å². The van der Waals surface area contributed by atoms with Gasteiger partial charge in [0.05, 0.1) is 6.04 Å². The van der Waals surface area contributed by atoms with Gasteiger partial charge in [-0.3, -0.25) is 4.98 Å². The number of nitrogens with one attached hydrogen (secondary N) is 1. The summed E-state index contributed by atoms with van der Waals surface area (Å²) in [6.07, 6.45) is 6.93. The largest absolute Gasteiger partial charge is 0.306 e. The van der Waals surface area contributed by atoms with E-state index in [1.54, 1.807) is 0 Å². The predicted octanol–water partition coefficient (Wildman–Crippen LogP) is 3.97. The summed E-state index contributed by atoms with van der Waals surface area (Å²) in [4.78, 5) is 4.47. The Morgan fingerprint density at radius 3 is 2.67 bits per heavy atom. The Kier molecular flexibility index (Phi) is 4.35. The molecule has 0 saturated carbocycles. The molecule has 0 fully saturated rings. The van der Waals surface area contributed by atoms with E-state index in [-0.39, 0.29) is 6.04 Å². The molecule has 1 aliphatic carbocycles. The molecule has 0 saturated heterocycles. The van der Waals surface area contributed by atoms with E-state index < -0.39 is 0 Å². The Hall–Kier alpha value is -1.67. The maximum Gasteiger partial charge on any atom is 0.0592 e. The van der Waals surface area contributed by atoms with Crippen LogP contribution in [-0.2, 0) is 12.8 Å². The van der Waals surface area contributed by atoms with Crippen LogP contribution in [0.4, 0.5) is 0 Å². The van der Waals surface area contributed by atoms with Gasteiger partial charge < -0.3 is 5.32 Å². The highest BCUT2D eigenvalue weighted by Crippen LogP contribution is 2.28. The summed E-state index contributed by atoms with van der Waals surface area (Å²) < 4.78 is 0. The first-order valence-electron chi connectivity index (χ1n) is 8.05. The van der Waals surface area contributed by atoms with E-state index in [0.717, 1.165) is 18.7 Å². The molecule has 1 heterocycles. The fourth-order valence-electron chi connectivity index (χ4n) is 3.14. The first kappa shape index (κ1) is 14.3. The molecule has 1 aromatic carbocycles. The minimum atomic E-state index is 0.254. The zero-order chi connectivity index (χ0) is 14.7. The number of pyridine rings is 1. The molecule has 0 bridgehead atoms. The van der Waals surface area contributed by atoms with Crippen molar-refractivity contribution in [3.63, 3.8) is 0 Å². The predicted molar refractivity (Wildman–Crippen MR) is 87.6 cm³/mol. The molecule has 3 rings (SSSR count). The van der Waals surface area contributed by atoms with Gasteiger partial charge in [-0.15, -0.1) is 0 Å². The van der Waals surface area contributed by atoms with Crippen LogP contribution in [0.1, 0.15) is 53.8 Å². The Morgan fingerprint density at radius 1 is 1.10 bits per heavy atom. The van der Waals surface area contributed by atoms with Crippen molar-refractivity contribution >= 4 is 0 Å². The zero-order valence-electron chi connectivity index (χ0n) is 13.0. The number of rotatable bonds is 5. The van der Waals surface area contributed by atoms with Gasteiger partial charge in [0, 0.05) is 11.9 Å². The average Bonchev–Trinajstić information content (AvgIpc) is 2.97. The average molecular weight is 280 g/mol. The normalized spacial score (nSPS) is 15.0. The minimum Gasteiger partial charge on any atom is -0.306 e. The highest BCUT2D eigenvalue weighted by molar-refractivity contribution is 5.39. The zero-order valence-corrected chi connectivity index (χ0v) is 13.0. The Balaban J connectivity index is 1.93. The van der Waals surface area contributed by atoms with E-state index in [0.29, 0.717) is 0 Å². The van der Waals surface area contributed by atoms with Gasteiger partial charge in [0.1, 0.15) is 0 Å². The van der Waals surface area contributed by atoms with Crippen molar-refractivity contribution in [3.8, 4) is 0 Å². The second-order valence-corrected chi connectivity index (χ2v) is 6.00. The van der Waals surface area contributed by atoms with Crippen molar-refractivity contribution in [1.82, 2.24) is 10.3 Å². The molecule has 0 aliphatic heterocycles. The number of hydrogen-bond donors (Lipinski definition) is 1. The molecule has 2 nitrogen and oxygen atoms in total. The lowest BCUT2D eigenvalue weighted by molar-refractivity contribution is 0.596. The molecule has 2 aromatic rings. The second kappa shape index (κ2) is 6.40. The minimum absolute atomic E-state index is 0.254. The first-order valence-corrected chi connectivity index (χ1v) is 8.05. The van der Waals surface area contributed by atoms with Crippen LogP contribution in [-0.4, -0.2) is 11.5 Å². The molecule has 0 radical (unpaired) electrons. The van der Waals surface area contributed by atoms with E-state index in [9.17, 15) is 0 Å². The Labute approximate surface area is 127 Å². The lowest BCUT2D eigenvalue weighted by atomic mass is 9.96. The summed E-state index contributed by atoms with van der Waals surface area (Å²) in [5.74, 6) is 0. The van der Waals surface area contributed by atoms with E-state index in [4.69, 9.17) is 0 Å². The van der Waals surface area contributed by atoms with Crippen LogP contribution in [0.15, 0.2) is 36.5 Å². The number of aryl methyl sites for hydroxylation is 3. The summed E-state index contributed by atoms with van der Waals surface area (Å²) >= 11 is 0. The SMILES string of the molecule is CCCNC(c1ccc(C)nc1)c1ccc2c(c1)CCC2. The summed E-state index contributed by atoms with van der Waals surface area (Å²) in [6, 6.07) is 11.6. The molecule has 1 aliphatic rings. The van der Waals surface area contributed by atoms with Gasteiger partial charge in [-0.05, 0) is 67.5 Å². The molecule has 1 unspecified atom stereocenters. The van der Waals surface area contributed by atoms with E-state index in [1.807, 2.05) is 13.1 Å². The summed E-state index contributed by atoms with van der Waals surface area (Å²) in [5.41, 5.74) is 6.77. The van der Waals surface area contributed by atoms with Crippen LogP contribution in [0.2, 0.25) is 0 Å². The fourth-order valence-corrected chi connectivity index (χ4v) is 3.14. The van der Waals surface area contributed by atoms with Crippen molar-refractivity contribution in [3.05, 3.63) is 64.5 Å². The fraction of sp³-hybridized carbons (Fsp3) is 0.421. The van der Waals surface area contributed by atoms with Crippen molar-refractivity contribution in [1.29, 1.82) is 0 Å². The summed E-state index contributed by atoms with van der Waals surface area (Å²) in [6.45, 7) is 5.27. The monoisotopic (exact) mass is 280 g/mol. The smallest absolute Gasteiger partial charge is 0.0592 e. The Morgan fingerprint density at radius 2 is 1.90 bits per heavy atom. The summed E-state index contributed by atoms with van der Waals surface area (Å²) in [5, 5.41) is 3.67. The lowest BCUT2D eigenvalue weighted by Gasteiger charge is -2.20. The van der Waals surface area contributed by atoms with Crippen LogP contribution in [0, 0.1) is 6.92 Å². The quantitative estimate of drug-likeness (QED) is 0.896. The molecule has 1 aromatic heterocycles. The van der Waals surface area contributed by atoms with Crippen molar-refractivity contribution < 1.29 is 0 Å². The number of nitrogens with zero attached hydrogens (tertiary/aromatic N) is 1. The summed E-state index contributed by atoms with van der Waals surface area (Å²) in [7, 11) is 0. The van der Waals surface area contributed by atoms with Gasteiger partial charge in [0.15, 0.2) is 0 Å². The third-order valence-electron chi connectivity index (χ3n) is 4.32. The van der Waals surface area contributed by atoms with Crippen LogP contribution >= 0.6 is 0 Å². The van der Waals surface area contributed by atoms with Gasteiger partial charge in [-0.25, -0.2) is 0 Å². The van der Waals surface area contributed by atoms with Crippen LogP contribution < -0.4 is 5.32 Å². The standard InChI is InChI=1S/C19H24N2/c1-3-11-20-19(18-8-7-14(2)21-13-18)17-10-9-15-5-4-6-16(15)12-17/h7-10,12-13,19-20H,3-6,11H2,1-2H3. The van der Waals surface area contributed by atoms with Gasteiger partial charge >= 0.3 is 0 Å². The highest BCUT2D eigenvalue weighted by atomic mass is 14.9. The number of benzene rings is 1.